The Morgan fingerprint density at radius 3 is 2.36 bits per heavy atom. The molecule has 0 saturated carbocycles. The predicted octanol–water partition coefficient (Wildman–Crippen LogP) is 6.04. The third-order valence-electron chi connectivity index (χ3n) is 5.33. The minimum absolute atomic E-state index is 0.0852. The summed E-state index contributed by atoms with van der Waals surface area (Å²) < 4.78 is 11.6. The number of aryl methyl sites for hydroxylation is 1. The first-order valence-corrected chi connectivity index (χ1v) is 11.6. The van der Waals surface area contributed by atoms with E-state index in [1.54, 1.807) is 0 Å². The molecule has 0 heterocycles. The largest absolute Gasteiger partial charge is 0.490 e. The van der Waals surface area contributed by atoms with Crippen LogP contribution in [-0.4, -0.2) is 19.1 Å². The lowest BCUT2D eigenvalue weighted by atomic mass is 10.0. The van der Waals surface area contributed by atoms with Gasteiger partial charge >= 0.3 is 0 Å². The van der Waals surface area contributed by atoms with Crippen molar-refractivity contribution in [3.63, 3.8) is 0 Å². The first-order valence-electron chi connectivity index (χ1n) is 11.6. The average Bonchev–Trinajstić information content (AvgIpc) is 2.83. The van der Waals surface area contributed by atoms with Gasteiger partial charge in [-0.05, 0) is 55.7 Å². The van der Waals surface area contributed by atoms with E-state index < -0.39 is 0 Å². The Morgan fingerprint density at radius 1 is 0.909 bits per heavy atom. The lowest BCUT2D eigenvalue weighted by Crippen LogP contribution is -2.21. The molecule has 0 aliphatic carbocycles. The molecule has 1 unspecified atom stereocenters. The highest BCUT2D eigenvalue weighted by Crippen LogP contribution is 2.29. The second kappa shape index (κ2) is 12.7. The quantitative estimate of drug-likeness (QED) is 0.356. The van der Waals surface area contributed by atoms with Gasteiger partial charge in [0, 0.05) is 18.3 Å². The fraction of sp³-hybridized carbons (Fsp3) is 0.321. The normalized spacial score (nSPS) is 11.6. The van der Waals surface area contributed by atoms with Crippen molar-refractivity contribution in [2.45, 2.75) is 46.2 Å². The third kappa shape index (κ3) is 7.65. The van der Waals surface area contributed by atoms with Crippen LogP contribution in [-0.2, 0) is 11.3 Å². The van der Waals surface area contributed by atoms with E-state index in [2.05, 4.69) is 41.8 Å². The van der Waals surface area contributed by atoms with Crippen molar-refractivity contribution >= 4 is 11.6 Å². The molecule has 2 N–H and O–H groups in total. The van der Waals surface area contributed by atoms with Crippen molar-refractivity contribution in [3.8, 4) is 11.5 Å². The van der Waals surface area contributed by atoms with Gasteiger partial charge in [-0.25, -0.2) is 0 Å². The van der Waals surface area contributed by atoms with Gasteiger partial charge in [0.2, 0.25) is 0 Å². The van der Waals surface area contributed by atoms with Crippen LogP contribution in [0.15, 0.2) is 72.8 Å². The summed E-state index contributed by atoms with van der Waals surface area (Å²) in [5.41, 5.74) is 4.29. The maximum atomic E-state index is 12.3. The summed E-state index contributed by atoms with van der Waals surface area (Å²) in [5, 5.41) is 6.51. The zero-order valence-electron chi connectivity index (χ0n) is 19.8. The van der Waals surface area contributed by atoms with Gasteiger partial charge in [0.1, 0.15) is 0 Å². The van der Waals surface area contributed by atoms with Crippen LogP contribution >= 0.6 is 0 Å². The Morgan fingerprint density at radius 2 is 1.67 bits per heavy atom. The van der Waals surface area contributed by atoms with Crippen LogP contribution in [0, 0.1) is 6.92 Å². The van der Waals surface area contributed by atoms with E-state index in [0.29, 0.717) is 30.7 Å². The van der Waals surface area contributed by atoms with Crippen molar-refractivity contribution in [2.75, 3.05) is 18.5 Å². The van der Waals surface area contributed by atoms with E-state index in [4.69, 9.17) is 9.47 Å². The molecule has 1 amide bonds. The van der Waals surface area contributed by atoms with Crippen molar-refractivity contribution in [1.29, 1.82) is 0 Å². The van der Waals surface area contributed by atoms with E-state index in [0.717, 1.165) is 29.7 Å². The van der Waals surface area contributed by atoms with E-state index in [-0.39, 0.29) is 12.5 Å². The van der Waals surface area contributed by atoms with Crippen LogP contribution < -0.4 is 20.1 Å². The molecule has 5 heteroatoms. The standard InChI is InChI=1S/C28H34N2O3/c1-4-9-25(23-10-7-6-8-11-23)29-19-22-14-17-26(27(18-22)32-5-2)33-20-28(31)30-24-15-12-21(3)13-16-24/h6-8,10-18,25,29H,4-5,9,19-20H2,1-3H3,(H,30,31). The molecule has 5 nitrogen and oxygen atoms in total. The van der Waals surface area contributed by atoms with Gasteiger partial charge in [-0.15, -0.1) is 0 Å². The molecule has 0 spiro atoms. The first-order chi connectivity index (χ1) is 16.1. The number of nitrogens with one attached hydrogen (secondary N) is 2. The fourth-order valence-corrected chi connectivity index (χ4v) is 3.63. The predicted molar refractivity (Wildman–Crippen MR) is 134 cm³/mol. The van der Waals surface area contributed by atoms with Crippen LogP contribution in [0.5, 0.6) is 11.5 Å². The van der Waals surface area contributed by atoms with E-state index in [9.17, 15) is 4.79 Å². The Balaban J connectivity index is 1.60. The fourth-order valence-electron chi connectivity index (χ4n) is 3.63. The van der Waals surface area contributed by atoms with Gasteiger partial charge in [0.15, 0.2) is 18.1 Å². The summed E-state index contributed by atoms with van der Waals surface area (Å²) in [6.07, 6.45) is 2.17. The maximum Gasteiger partial charge on any atom is 0.262 e. The summed E-state index contributed by atoms with van der Waals surface area (Å²) in [4.78, 5) is 12.3. The molecule has 0 aromatic heterocycles. The van der Waals surface area contributed by atoms with Gasteiger partial charge in [0.05, 0.1) is 6.61 Å². The summed E-state index contributed by atoms with van der Waals surface area (Å²) in [5.74, 6) is 0.997. The second-order valence-electron chi connectivity index (χ2n) is 8.05. The molecule has 0 fully saturated rings. The SMILES string of the molecule is CCCC(NCc1ccc(OCC(=O)Nc2ccc(C)cc2)c(OCC)c1)c1ccccc1. The maximum absolute atomic E-state index is 12.3. The number of benzene rings is 3. The molecule has 33 heavy (non-hydrogen) atoms. The van der Waals surface area contributed by atoms with Crippen molar-refractivity contribution in [3.05, 3.63) is 89.5 Å². The molecule has 3 aromatic rings. The number of anilines is 1. The van der Waals surface area contributed by atoms with Crippen molar-refractivity contribution < 1.29 is 14.3 Å². The van der Waals surface area contributed by atoms with E-state index >= 15 is 0 Å². The summed E-state index contributed by atoms with van der Waals surface area (Å²) in [7, 11) is 0. The van der Waals surface area contributed by atoms with Gasteiger partial charge in [-0.1, -0.05) is 67.4 Å². The lowest BCUT2D eigenvalue weighted by Gasteiger charge is -2.19. The van der Waals surface area contributed by atoms with Gasteiger partial charge < -0.3 is 20.1 Å². The molecule has 174 valence electrons. The monoisotopic (exact) mass is 446 g/mol. The van der Waals surface area contributed by atoms with Gasteiger partial charge in [-0.3, -0.25) is 4.79 Å². The Kier molecular flexibility index (Phi) is 9.33. The minimum atomic E-state index is -0.211. The summed E-state index contributed by atoms with van der Waals surface area (Å²) >= 11 is 0. The van der Waals surface area contributed by atoms with Crippen LogP contribution in [0.25, 0.3) is 0 Å². The molecule has 0 aliphatic rings. The molecule has 0 saturated heterocycles. The number of carbonyl (C=O) groups excluding carboxylic acids is 1. The smallest absolute Gasteiger partial charge is 0.262 e. The summed E-state index contributed by atoms with van der Waals surface area (Å²) in [6.45, 7) is 7.30. The average molecular weight is 447 g/mol. The van der Waals surface area contributed by atoms with Crippen LogP contribution in [0.1, 0.15) is 49.4 Å². The van der Waals surface area contributed by atoms with Crippen molar-refractivity contribution in [1.82, 2.24) is 5.32 Å². The number of hydrogen-bond donors (Lipinski definition) is 2. The highest BCUT2D eigenvalue weighted by Gasteiger charge is 2.12. The molecule has 0 aliphatic heterocycles. The number of amides is 1. The number of ether oxygens (including phenoxy) is 2. The minimum Gasteiger partial charge on any atom is -0.490 e. The highest BCUT2D eigenvalue weighted by atomic mass is 16.5. The molecular weight excluding hydrogens is 412 g/mol. The number of hydrogen-bond acceptors (Lipinski definition) is 4. The Labute approximate surface area is 197 Å². The summed E-state index contributed by atoms with van der Waals surface area (Å²) in [6, 6.07) is 24.4. The van der Waals surface area contributed by atoms with Crippen LogP contribution in [0.2, 0.25) is 0 Å². The van der Waals surface area contributed by atoms with Gasteiger partial charge in [-0.2, -0.15) is 0 Å². The molecule has 1 atom stereocenters. The molecule has 3 aromatic carbocycles. The van der Waals surface area contributed by atoms with Crippen LogP contribution in [0.4, 0.5) is 5.69 Å². The van der Waals surface area contributed by atoms with E-state index in [1.165, 1.54) is 5.56 Å². The molecular formula is C28H34N2O3. The van der Waals surface area contributed by atoms with E-state index in [1.807, 2.05) is 62.4 Å². The topological polar surface area (TPSA) is 59.6 Å². The van der Waals surface area contributed by atoms with Gasteiger partial charge in [0.25, 0.3) is 5.91 Å². The molecule has 3 rings (SSSR count). The second-order valence-corrected chi connectivity index (χ2v) is 8.05. The van der Waals surface area contributed by atoms with Crippen LogP contribution in [0.3, 0.4) is 0 Å². The third-order valence-corrected chi connectivity index (χ3v) is 5.33. The lowest BCUT2D eigenvalue weighted by molar-refractivity contribution is -0.118. The molecule has 0 radical (unpaired) electrons. The molecule has 0 bridgehead atoms. The zero-order chi connectivity index (χ0) is 23.5. The first kappa shape index (κ1) is 24.3. The number of rotatable bonds is 12. The Hall–Kier alpha value is -3.31. The highest BCUT2D eigenvalue weighted by molar-refractivity contribution is 5.91. The van der Waals surface area contributed by atoms with Crippen molar-refractivity contribution in [2.24, 2.45) is 0 Å². The number of carbonyl (C=O) groups is 1. The Bertz CT molecular complexity index is 1000. The zero-order valence-corrected chi connectivity index (χ0v) is 19.8.